The van der Waals surface area contributed by atoms with E-state index in [0.717, 1.165) is 43.3 Å². The predicted molar refractivity (Wildman–Crippen MR) is 112 cm³/mol. The molecule has 5 heteroatoms. The van der Waals surface area contributed by atoms with Gasteiger partial charge in [0, 0.05) is 13.8 Å². The highest BCUT2D eigenvalue weighted by molar-refractivity contribution is 5.95. The fraction of sp³-hybridized carbons (Fsp3) is 0.720. The highest BCUT2D eigenvalue weighted by Crippen LogP contribution is 2.65. The van der Waals surface area contributed by atoms with Gasteiger partial charge < -0.3 is 9.47 Å². The van der Waals surface area contributed by atoms with Crippen molar-refractivity contribution in [3.63, 3.8) is 0 Å². The Morgan fingerprint density at radius 3 is 2.17 bits per heavy atom. The summed E-state index contributed by atoms with van der Waals surface area (Å²) in [4.78, 5) is 35.8. The van der Waals surface area contributed by atoms with Gasteiger partial charge >= 0.3 is 11.9 Å². The van der Waals surface area contributed by atoms with Gasteiger partial charge in [-0.05, 0) is 85.2 Å². The van der Waals surface area contributed by atoms with Gasteiger partial charge in [0.2, 0.25) is 0 Å². The van der Waals surface area contributed by atoms with Crippen molar-refractivity contribution >= 4 is 17.7 Å². The van der Waals surface area contributed by atoms with Crippen LogP contribution in [0.25, 0.3) is 0 Å². The van der Waals surface area contributed by atoms with E-state index in [2.05, 4.69) is 26.0 Å². The number of rotatable bonds is 3. The van der Waals surface area contributed by atoms with Gasteiger partial charge in [0.05, 0.1) is 0 Å². The first-order valence-corrected chi connectivity index (χ1v) is 11.3. The van der Waals surface area contributed by atoms with Crippen LogP contribution in [0.2, 0.25) is 0 Å². The lowest BCUT2D eigenvalue weighted by molar-refractivity contribution is -0.169. The number of fused-ring (bicyclic) bond motifs is 5. The monoisotopic (exact) mass is 414 g/mol. The molecule has 0 amide bonds. The van der Waals surface area contributed by atoms with Crippen molar-refractivity contribution in [1.29, 1.82) is 0 Å². The summed E-state index contributed by atoms with van der Waals surface area (Å²) in [7, 11) is 0. The van der Waals surface area contributed by atoms with Gasteiger partial charge in [0.15, 0.2) is 11.9 Å². The fourth-order valence-corrected chi connectivity index (χ4v) is 7.45. The number of carbonyl (C=O) groups excluding carboxylic acids is 3. The van der Waals surface area contributed by atoms with Crippen molar-refractivity contribution in [1.82, 2.24) is 0 Å². The molecule has 0 N–H and O–H groups in total. The van der Waals surface area contributed by atoms with Crippen molar-refractivity contribution in [2.24, 2.45) is 28.6 Å². The van der Waals surface area contributed by atoms with Crippen LogP contribution < -0.4 is 0 Å². The normalized spacial score (nSPS) is 42.1. The second kappa shape index (κ2) is 7.35. The summed E-state index contributed by atoms with van der Waals surface area (Å²) in [5, 5.41) is 0. The molecule has 0 spiro atoms. The molecule has 4 aliphatic rings. The Morgan fingerprint density at radius 1 is 0.867 bits per heavy atom. The molecule has 4 aliphatic carbocycles. The van der Waals surface area contributed by atoms with Gasteiger partial charge in [-0.1, -0.05) is 26.0 Å². The summed E-state index contributed by atoms with van der Waals surface area (Å²) in [5.74, 6) is 1.04. The molecule has 0 aromatic carbocycles. The van der Waals surface area contributed by atoms with E-state index in [1.807, 2.05) is 0 Å². The van der Waals surface area contributed by atoms with E-state index in [9.17, 15) is 14.4 Å². The number of ether oxygens (including phenoxy) is 2. The number of esters is 2. The molecule has 0 heterocycles. The molecule has 0 unspecified atom stereocenters. The Bertz CT molecular complexity index is 838. The lowest BCUT2D eigenvalue weighted by Gasteiger charge is -2.58. The number of ketones is 1. The number of hydrogen-bond donors (Lipinski definition) is 0. The summed E-state index contributed by atoms with van der Waals surface area (Å²) < 4.78 is 11.3. The SMILES string of the molecule is CC(=O)O[C@H]1CC[C@@]2(C)C(=CC[C@@H]3[C@@H]2CC[C@]2(C)C(C(C)=O)=CC[C@@H]32)[C@H]1OC(C)=O. The topological polar surface area (TPSA) is 69.7 Å². The summed E-state index contributed by atoms with van der Waals surface area (Å²) in [6, 6.07) is 0. The zero-order valence-electron chi connectivity index (χ0n) is 18.8. The molecule has 0 aromatic heterocycles. The maximum absolute atomic E-state index is 12.3. The van der Waals surface area contributed by atoms with Gasteiger partial charge in [-0.25, -0.2) is 0 Å². The van der Waals surface area contributed by atoms with Crippen LogP contribution in [0.3, 0.4) is 0 Å². The quantitative estimate of drug-likeness (QED) is 0.501. The fourth-order valence-electron chi connectivity index (χ4n) is 7.45. The van der Waals surface area contributed by atoms with Gasteiger partial charge in [0.1, 0.15) is 6.10 Å². The van der Waals surface area contributed by atoms with Crippen LogP contribution in [0.15, 0.2) is 23.3 Å². The molecule has 164 valence electrons. The Hall–Kier alpha value is -1.91. The van der Waals surface area contributed by atoms with Crippen molar-refractivity contribution < 1.29 is 23.9 Å². The highest BCUT2D eigenvalue weighted by Gasteiger charge is 2.59. The number of hydrogen-bond acceptors (Lipinski definition) is 5. The molecule has 2 fully saturated rings. The molecular weight excluding hydrogens is 380 g/mol. The predicted octanol–water partition coefficient (Wildman–Crippen LogP) is 4.55. The minimum Gasteiger partial charge on any atom is -0.458 e. The maximum Gasteiger partial charge on any atom is 0.303 e. The smallest absolute Gasteiger partial charge is 0.303 e. The Morgan fingerprint density at radius 2 is 1.53 bits per heavy atom. The van der Waals surface area contributed by atoms with E-state index in [4.69, 9.17) is 9.47 Å². The standard InChI is InChI=1S/C25H34O5/c1-14(26)18-8-9-19-17-6-7-21-23(30-16(3)28)22(29-15(2)27)11-13-25(21,5)20(17)10-12-24(18,19)4/h7-8,17,19-20,22-23H,6,9-13H2,1-5H3/t17-,19-,20-,22-,23+,24+,25+/m0/s1. The van der Waals surface area contributed by atoms with E-state index in [-0.39, 0.29) is 28.6 Å². The molecule has 0 radical (unpaired) electrons. The van der Waals surface area contributed by atoms with Crippen LogP contribution in [-0.2, 0) is 23.9 Å². The maximum atomic E-state index is 12.3. The first kappa shape index (κ1) is 21.3. The Kier molecular flexibility index (Phi) is 5.22. The number of allylic oxidation sites excluding steroid dienone is 3. The van der Waals surface area contributed by atoms with Crippen LogP contribution in [0, 0.1) is 28.6 Å². The van der Waals surface area contributed by atoms with E-state index in [1.54, 1.807) is 6.92 Å². The zero-order valence-corrected chi connectivity index (χ0v) is 18.8. The van der Waals surface area contributed by atoms with E-state index >= 15 is 0 Å². The minimum atomic E-state index is -0.492. The average molecular weight is 415 g/mol. The second-order valence-corrected chi connectivity index (χ2v) is 10.3. The average Bonchev–Trinajstić information content (AvgIpc) is 3.00. The lowest BCUT2D eigenvalue weighted by Crippen LogP contribution is -2.54. The van der Waals surface area contributed by atoms with Crippen LogP contribution >= 0.6 is 0 Å². The van der Waals surface area contributed by atoms with Crippen LogP contribution in [0.4, 0.5) is 0 Å². The molecular formula is C25H34O5. The van der Waals surface area contributed by atoms with Gasteiger partial charge in [-0.2, -0.15) is 0 Å². The summed E-state index contributed by atoms with van der Waals surface area (Å²) in [5.41, 5.74) is 2.08. The van der Waals surface area contributed by atoms with E-state index in [0.29, 0.717) is 24.2 Å². The molecule has 7 atom stereocenters. The summed E-state index contributed by atoms with van der Waals surface area (Å²) in [6.45, 7) is 9.13. The second-order valence-electron chi connectivity index (χ2n) is 10.3. The summed E-state index contributed by atoms with van der Waals surface area (Å²) >= 11 is 0. The third-order valence-corrected chi connectivity index (χ3v) is 8.69. The Labute approximate surface area is 179 Å². The third-order valence-electron chi connectivity index (χ3n) is 8.69. The molecule has 4 rings (SSSR count). The molecule has 0 bridgehead atoms. The van der Waals surface area contributed by atoms with Crippen molar-refractivity contribution in [3.05, 3.63) is 23.3 Å². The minimum absolute atomic E-state index is 0.0149. The van der Waals surface area contributed by atoms with E-state index in [1.165, 1.54) is 13.8 Å². The Balaban J connectivity index is 1.67. The zero-order chi connectivity index (χ0) is 21.8. The van der Waals surface area contributed by atoms with Crippen molar-refractivity contribution in [3.8, 4) is 0 Å². The van der Waals surface area contributed by atoms with Gasteiger partial charge in [-0.15, -0.1) is 0 Å². The number of carbonyl (C=O) groups is 3. The van der Waals surface area contributed by atoms with Gasteiger partial charge in [0.25, 0.3) is 0 Å². The molecule has 0 saturated heterocycles. The third kappa shape index (κ3) is 3.16. The molecule has 2 saturated carbocycles. The molecule has 5 nitrogen and oxygen atoms in total. The largest absolute Gasteiger partial charge is 0.458 e. The van der Waals surface area contributed by atoms with Crippen molar-refractivity contribution in [2.75, 3.05) is 0 Å². The van der Waals surface area contributed by atoms with Gasteiger partial charge in [-0.3, -0.25) is 14.4 Å². The van der Waals surface area contributed by atoms with Crippen LogP contribution in [0.5, 0.6) is 0 Å². The molecule has 0 aliphatic heterocycles. The molecule has 30 heavy (non-hydrogen) atoms. The van der Waals surface area contributed by atoms with E-state index < -0.39 is 12.2 Å². The lowest BCUT2D eigenvalue weighted by atomic mass is 9.47. The molecule has 0 aromatic rings. The highest BCUT2D eigenvalue weighted by atomic mass is 16.6. The first-order valence-electron chi connectivity index (χ1n) is 11.3. The van der Waals surface area contributed by atoms with Crippen LogP contribution in [0.1, 0.15) is 73.1 Å². The number of Topliss-reactive ketones (excluding diaryl/α,β-unsaturated/α-hetero) is 1. The first-order chi connectivity index (χ1) is 14.1. The van der Waals surface area contributed by atoms with Crippen LogP contribution in [-0.4, -0.2) is 29.9 Å². The summed E-state index contributed by atoms with van der Waals surface area (Å²) in [6.07, 6.45) is 9.19. The van der Waals surface area contributed by atoms with Crippen molar-refractivity contribution in [2.45, 2.75) is 85.4 Å².